The minimum Gasteiger partial charge on any atom is -0.478 e. The van der Waals surface area contributed by atoms with Crippen LogP contribution in [0.3, 0.4) is 0 Å². The molecule has 0 amide bonds. The van der Waals surface area contributed by atoms with Gasteiger partial charge in [0.1, 0.15) is 11.3 Å². The van der Waals surface area contributed by atoms with E-state index in [1.165, 1.54) is 12.1 Å². The number of para-hydroxylation sites is 4. The largest absolute Gasteiger partial charge is 0.478 e. The number of carbonyl (C=O) groups is 4. The monoisotopic (exact) mass is 783 g/mol. The van der Waals surface area contributed by atoms with Gasteiger partial charge < -0.3 is 43.7 Å². The second kappa shape index (κ2) is 17.1. The molecule has 8 rings (SSSR count). The minimum atomic E-state index is -1.46. The number of esters is 3. The number of H-pyrrole nitrogens is 3. The number of aromatic nitrogens is 3. The number of benzene rings is 4. The number of hydrogen-bond acceptors (Lipinski definition) is 9. The fourth-order valence-corrected chi connectivity index (χ4v) is 7.46. The number of aromatic carboxylic acids is 1. The SMILES string of the molecule is O=C(CCc1c[nH]c2ccccc12)O[C@@H]1[C@@H](OC(=O)CCc2c[nH]c3ccccc23)[C@H](Oc2ccccc2C(=O)O)OC[C@H]1OC(=O)CCc1c[nH]c2ccccc12. The molecule has 0 spiro atoms. The summed E-state index contributed by atoms with van der Waals surface area (Å²) < 4.78 is 30.3. The maximum Gasteiger partial charge on any atom is 0.339 e. The second-order valence-corrected chi connectivity index (χ2v) is 14.1. The van der Waals surface area contributed by atoms with Crippen molar-refractivity contribution in [1.29, 1.82) is 0 Å². The van der Waals surface area contributed by atoms with Crippen molar-refractivity contribution in [2.75, 3.05) is 6.61 Å². The lowest BCUT2D eigenvalue weighted by atomic mass is 10.0. The normalized spacial score (nSPS) is 17.9. The average Bonchev–Trinajstić information content (AvgIpc) is 3.97. The second-order valence-electron chi connectivity index (χ2n) is 14.1. The average molecular weight is 784 g/mol. The van der Waals surface area contributed by atoms with Gasteiger partial charge in [-0.15, -0.1) is 0 Å². The Kier molecular flexibility index (Phi) is 11.2. The van der Waals surface area contributed by atoms with E-state index in [1.807, 2.05) is 91.4 Å². The Hall–Kier alpha value is -6.86. The molecule has 4 heterocycles. The smallest absolute Gasteiger partial charge is 0.339 e. The molecule has 1 fully saturated rings. The van der Waals surface area contributed by atoms with Crippen LogP contribution in [0.2, 0.25) is 0 Å². The highest BCUT2D eigenvalue weighted by molar-refractivity contribution is 5.91. The first kappa shape index (κ1) is 38.0. The number of carbonyl (C=O) groups excluding carboxylic acids is 3. The van der Waals surface area contributed by atoms with Crippen molar-refractivity contribution in [2.45, 2.75) is 63.1 Å². The molecule has 58 heavy (non-hydrogen) atoms. The third-order valence-corrected chi connectivity index (χ3v) is 10.4. The van der Waals surface area contributed by atoms with Crippen molar-refractivity contribution in [3.63, 3.8) is 0 Å². The summed E-state index contributed by atoms with van der Waals surface area (Å²) in [5.74, 6) is -3.19. The summed E-state index contributed by atoms with van der Waals surface area (Å²) >= 11 is 0. The van der Waals surface area contributed by atoms with Crippen LogP contribution in [0.25, 0.3) is 32.7 Å². The van der Waals surface area contributed by atoms with Crippen LogP contribution in [0.5, 0.6) is 5.75 Å². The lowest BCUT2D eigenvalue weighted by Gasteiger charge is -2.40. The molecule has 1 aliphatic heterocycles. The maximum atomic E-state index is 13.7. The van der Waals surface area contributed by atoms with Gasteiger partial charge in [0, 0.05) is 70.6 Å². The highest BCUT2D eigenvalue weighted by Gasteiger charge is 2.49. The van der Waals surface area contributed by atoms with E-state index in [9.17, 15) is 24.3 Å². The summed E-state index contributed by atoms with van der Waals surface area (Å²) in [4.78, 5) is 62.7. The van der Waals surface area contributed by atoms with Gasteiger partial charge in [0.25, 0.3) is 0 Å². The molecule has 1 saturated heterocycles. The number of fused-ring (bicyclic) bond motifs is 3. The first-order valence-corrected chi connectivity index (χ1v) is 19.1. The van der Waals surface area contributed by atoms with E-state index in [0.29, 0.717) is 19.3 Å². The third kappa shape index (κ3) is 8.44. The molecule has 0 bridgehead atoms. The standard InChI is InChI=1S/C45H41N3O10/c49-39(20-17-27-23-46-34-13-5-1-9-30(27)34)55-38-26-54-45(56-37-16-8-4-12-33(37)44(52)53)43(58-41(51)22-19-29-25-48-36-15-7-3-11-32(29)36)42(38)57-40(50)21-18-28-24-47-35-14-6-2-10-31(28)35/h1-16,23-25,38,42-43,45-48H,17-22,26H2,(H,52,53)/t38-,42+,43-,45+/m1/s1. The van der Waals surface area contributed by atoms with Crippen LogP contribution in [0, 0.1) is 0 Å². The number of carboxylic acids is 1. The molecule has 0 unspecified atom stereocenters. The van der Waals surface area contributed by atoms with Gasteiger partial charge in [-0.05, 0) is 66.3 Å². The Labute approximate surface area is 332 Å². The van der Waals surface area contributed by atoms with Crippen molar-refractivity contribution in [1.82, 2.24) is 15.0 Å². The number of nitrogens with one attached hydrogen (secondary N) is 3. The zero-order chi connectivity index (χ0) is 40.0. The molecule has 13 heteroatoms. The van der Waals surface area contributed by atoms with Gasteiger partial charge in [0.15, 0.2) is 12.2 Å². The first-order valence-electron chi connectivity index (χ1n) is 19.1. The number of ether oxygens (including phenoxy) is 5. The Morgan fingerprint density at radius 2 is 1.00 bits per heavy atom. The van der Waals surface area contributed by atoms with Crippen LogP contribution in [-0.4, -0.2) is 75.1 Å². The zero-order valence-electron chi connectivity index (χ0n) is 31.4. The van der Waals surface area contributed by atoms with E-state index >= 15 is 0 Å². The highest BCUT2D eigenvalue weighted by Crippen LogP contribution is 2.30. The molecule has 3 aromatic heterocycles. The highest BCUT2D eigenvalue weighted by atomic mass is 16.7. The fraction of sp³-hybridized carbons (Fsp3) is 0.244. The van der Waals surface area contributed by atoms with Gasteiger partial charge in [-0.1, -0.05) is 66.7 Å². The summed E-state index contributed by atoms with van der Waals surface area (Å²) in [5.41, 5.74) is 5.37. The molecule has 4 aromatic carbocycles. The number of hydrogen-bond donors (Lipinski definition) is 4. The topological polar surface area (TPSA) is 182 Å². The summed E-state index contributed by atoms with van der Waals surface area (Å²) in [7, 11) is 0. The lowest BCUT2D eigenvalue weighted by molar-refractivity contribution is -0.261. The van der Waals surface area contributed by atoms with Crippen molar-refractivity contribution < 1.29 is 48.0 Å². The van der Waals surface area contributed by atoms with Gasteiger partial charge in [0.2, 0.25) is 12.4 Å². The Morgan fingerprint density at radius 1 is 0.569 bits per heavy atom. The van der Waals surface area contributed by atoms with Crippen LogP contribution < -0.4 is 4.74 Å². The van der Waals surface area contributed by atoms with Crippen LogP contribution >= 0.6 is 0 Å². The molecule has 13 nitrogen and oxygen atoms in total. The first-order chi connectivity index (χ1) is 28.3. The van der Waals surface area contributed by atoms with Crippen LogP contribution in [0.15, 0.2) is 116 Å². The zero-order valence-corrected chi connectivity index (χ0v) is 31.4. The van der Waals surface area contributed by atoms with E-state index in [4.69, 9.17) is 23.7 Å². The van der Waals surface area contributed by atoms with Crippen LogP contribution in [-0.2, 0) is 52.6 Å². The Morgan fingerprint density at radius 3 is 1.50 bits per heavy atom. The van der Waals surface area contributed by atoms with Crippen molar-refractivity contribution in [3.05, 3.63) is 138 Å². The van der Waals surface area contributed by atoms with E-state index in [2.05, 4.69) is 15.0 Å². The number of rotatable bonds is 15. The number of carboxylic acid groups (broad SMARTS) is 1. The summed E-state index contributed by atoms with van der Waals surface area (Å²) in [6.45, 7) is -0.303. The van der Waals surface area contributed by atoms with Gasteiger partial charge in [-0.25, -0.2) is 4.79 Å². The quantitative estimate of drug-likeness (QED) is 0.0613. The summed E-state index contributed by atoms with van der Waals surface area (Å²) in [6, 6.07) is 29.1. The maximum absolute atomic E-state index is 13.7. The van der Waals surface area contributed by atoms with Gasteiger partial charge in [-0.2, -0.15) is 0 Å². The van der Waals surface area contributed by atoms with Gasteiger partial charge in [-0.3, -0.25) is 14.4 Å². The van der Waals surface area contributed by atoms with Crippen molar-refractivity contribution >= 4 is 56.6 Å². The number of aryl methyl sites for hydroxylation is 3. The van der Waals surface area contributed by atoms with E-state index in [1.54, 1.807) is 12.1 Å². The predicted molar refractivity (Wildman–Crippen MR) is 213 cm³/mol. The van der Waals surface area contributed by atoms with Crippen LogP contribution in [0.4, 0.5) is 0 Å². The van der Waals surface area contributed by atoms with Gasteiger partial charge in [0.05, 0.1) is 6.61 Å². The van der Waals surface area contributed by atoms with E-state index in [-0.39, 0.29) is 37.2 Å². The van der Waals surface area contributed by atoms with Gasteiger partial charge >= 0.3 is 23.9 Å². The molecule has 0 radical (unpaired) electrons. The third-order valence-electron chi connectivity index (χ3n) is 10.4. The predicted octanol–water partition coefficient (Wildman–Crippen LogP) is 7.20. The molecule has 296 valence electrons. The minimum absolute atomic E-state index is 0.000564. The Bertz CT molecular complexity index is 2590. The Balaban J connectivity index is 1.05. The molecule has 4 atom stereocenters. The number of aromatic amines is 3. The molecule has 0 saturated carbocycles. The molecular formula is C45H41N3O10. The summed E-state index contributed by atoms with van der Waals surface area (Å²) in [5, 5.41) is 12.8. The van der Waals surface area contributed by atoms with Crippen molar-refractivity contribution in [2.24, 2.45) is 0 Å². The fourth-order valence-electron chi connectivity index (χ4n) is 7.46. The van der Waals surface area contributed by atoms with E-state index in [0.717, 1.165) is 49.4 Å². The molecule has 0 aliphatic carbocycles. The lowest BCUT2D eigenvalue weighted by Crippen LogP contribution is -2.59. The summed E-state index contributed by atoms with van der Waals surface area (Å²) in [6.07, 6.45) is 0.967. The molecule has 4 N–H and O–H groups in total. The molecule has 7 aromatic rings. The molecular weight excluding hydrogens is 743 g/mol. The van der Waals surface area contributed by atoms with E-state index < -0.39 is 48.5 Å². The van der Waals surface area contributed by atoms with Crippen LogP contribution in [0.1, 0.15) is 46.3 Å². The molecule has 1 aliphatic rings. The van der Waals surface area contributed by atoms with Crippen molar-refractivity contribution in [3.8, 4) is 5.75 Å².